The van der Waals surface area contributed by atoms with Crippen LogP contribution in [0, 0.1) is 0 Å². The zero-order valence-corrected chi connectivity index (χ0v) is 27.0. The molecule has 5 nitrogen and oxygen atoms in total. The van der Waals surface area contributed by atoms with Crippen molar-refractivity contribution >= 4 is 21.5 Å². The van der Waals surface area contributed by atoms with Crippen LogP contribution < -0.4 is 0 Å². The van der Waals surface area contributed by atoms with Gasteiger partial charge in [-0.25, -0.2) is 15.0 Å². The predicted molar refractivity (Wildman–Crippen MR) is 203 cm³/mol. The van der Waals surface area contributed by atoms with Crippen molar-refractivity contribution < 1.29 is 0 Å². The van der Waals surface area contributed by atoms with Gasteiger partial charge in [0, 0.05) is 52.0 Å². The fourth-order valence-corrected chi connectivity index (χ4v) is 6.67. The van der Waals surface area contributed by atoms with Crippen LogP contribution in [0.25, 0.3) is 89.2 Å². The van der Waals surface area contributed by atoms with Gasteiger partial charge in [0.25, 0.3) is 0 Å². The van der Waals surface area contributed by atoms with Crippen molar-refractivity contribution in [2.75, 3.05) is 0 Å². The van der Waals surface area contributed by atoms with Gasteiger partial charge >= 0.3 is 0 Å². The molecule has 0 spiro atoms. The molecule has 0 aliphatic rings. The zero-order valence-electron chi connectivity index (χ0n) is 27.0. The van der Waals surface area contributed by atoms with Crippen molar-refractivity contribution in [3.63, 3.8) is 0 Å². The molecule has 3 heterocycles. The minimum Gasteiger partial charge on any atom is -0.264 e. The van der Waals surface area contributed by atoms with E-state index in [-0.39, 0.29) is 0 Å². The highest BCUT2D eigenvalue weighted by Gasteiger charge is 2.21. The van der Waals surface area contributed by atoms with E-state index in [2.05, 4.69) is 114 Å². The van der Waals surface area contributed by atoms with E-state index in [0.717, 1.165) is 66.2 Å². The van der Waals surface area contributed by atoms with Crippen LogP contribution in [0.15, 0.2) is 176 Å². The first-order valence-corrected chi connectivity index (χ1v) is 16.6. The summed E-state index contributed by atoms with van der Waals surface area (Å²) < 4.78 is 0. The molecule has 9 rings (SSSR count). The van der Waals surface area contributed by atoms with Crippen molar-refractivity contribution in [3.8, 4) is 67.7 Å². The number of benzene rings is 6. The van der Waals surface area contributed by atoms with Gasteiger partial charge in [-0.05, 0) is 44.8 Å². The van der Waals surface area contributed by atoms with E-state index in [9.17, 15) is 0 Å². The predicted octanol–water partition coefficient (Wildman–Crippen LogP) is 11.0. The van der Waals surface area contributed by atoms with Crippen LogP contribution in [0.1, 0.15) is 0 Å². The Morgan fingerprint density at radius 3 is 1.30 bits per heavy atom. The molecule has 5 heteroatoms. The smallest absolute Gasteiger partial charge is 0.165 e. The van der Waals surface area contributed by atoms with Crippen LogP contribution in [0.4, 0.5) is 0 Å². The van der Waals surface area contributed by atoms with E-state index >= 15 is 0 Å². The first-order valence-electron chi connectivity index (χ1n) is 16.6. The van der Waals surface area contributed by atoms with Gasteiger partial charge in [-0.15, -0.1) is 0 Å². The number of fused-ring (bicyclic) bond motifs is 2. The number of hydrogen-bond donors (Lipinski definition) is 0. The summed E-state index contributed by atoms with van der Waals surface area (Å²) in [6.07, 6.45) is 5.57. The topological polar surface area (TPSA) is 64.5 Å². The van der Waals surface area contributed by atoms with Gasteiger partial charge in [0.05, 0.1) is 5.69 Å². The highest BCUT2D eigenvalue weighted by molar-refractivity contribution is 6.20. The highest BCUT2D eigenvalue weighted by Crippen LogP contribution is 2.43. The molecule has 0 unspecified atom stereocenters. The van der Waals surface area contributed by atoms with E-state index in [0.29, 0.717) is 17.5 Å². The van der Waals surface area contributed by atoms with Crippen molar-refractivity contribution in [1.29, 1.82) is 0 Å². The Labute approximate surface area is 289 Å². The van der Waals surface area contributed by atoms with Crippen LogP contribution in [0.2, 0.25) is 0 Å². The molecule has 0 aliphatic heterocycles. The van der Waals surface area contributed by atoms with Gasteiger partial charge in [-0.3, -0.25) is 9.97 Å². The molecular formula is C45H29N5. The second-order valence-electron chi connectivity index (χ2n) is 12.1. The minimum atomic E-state index is 0.623. The molecule has 0 aliphatic carbocycles. The summed E-state index contributed by atoms with van der Waals surface area (Å²) in [6, 6.07) is 54.1. The lowest BCUT2D eigenvalue weighted by Gasteiger charge is -2.17. The third kappa shape index (κ3) is 5.37. The summed E-state index contributed by atoms with van der Waals surface area (Å²) in [4.78, 5) is 24.7. The van der Waals surface area contributed by atoms with Crippen LogP contribution in [-0.2, 0) is 0 Å². The summed E-state index contributed by atoms with van der Waals surface area (Å²) in [7, 11) is 0. The number of aromatic nitrogens is 5. The lowest BCUT2D eigenvalue weighted by Crippen LogP contribution is -2.01. The number of rotatable bonds is 6. The fraction of sp³-hybridized carbons (Fsp3) is 0. The van der Waals surface area contributed by atoms with Gasteiger partial charge in [-0.2, -0.15) is 0 Å². The Kier molecular flexibility index (Phi) is 7.41. The molecule has 3 aromatic heterocycles. The molecule has 50 heavy (non-hydrogen) atoms. The van der Waals surface area contributed by atoms with Crippen LogP contribution in [-0.4, -0.2) is 24.9 Å². The molecule has 234 valence electrons. The minimum absolute atomic E-state index is 0.623. The Morgan fingerprint density at radius 2 is 0.740 bits per heavy atom. The molecule has 0 saturated carbocycles. The van der Waals surface area contributed by atoms with Gasteiger partial charge < -0.3 is 0 Å². The van der Waals surface area contributed by atoms with Crippen LogP contribution in [0.5, 0.6) is 0 Å². The average Bonchev–Trinajstić information content (AvgIpc) is 3.21. The fourth-order valence-electron chi connectivity index (χ4n) is 6.67. The average molecular weight is 640 g/mol. The molecule has 6 aromatic carbocycles. The van der Waals surface area contributed by atoms with Crippen molar-refractivity contribution in [2.45, 2.75) is 0 Å². The van der Waals surface area contributed by atoms with Crippen LogP contribution >= 0.6 is 0 Å². The lowest BCUT2D eigenvalue weighted by molar-refractivity contribution is 1.08. The Hall–Kier alpha value is -6.85. The van der Waals surface area contributed by atoms with Gasteiger partial charge in [-0.1, -0.05) is 146 Å². The summed E-state index contributed by atoms with van der Waals surface area (Å²) in [5.41, 5.74) is 9.16. The van der Waals surface area contributed by atoms with E-state index in [1.807, 2.05) is 60.9 Å². The third-order valence-corrected chi connectivity index (χ3v) is 9.09. The summed E-state index contributed by atoms with van der Waals surface area (Å²) in [5, 5.41) is 4.27. The lowest BCUT2D eigenvalue weighted by atomic mass is 9.89. The molecule has 0 atom stereocenters. The molecule has 9 aromatic rings. The summed E-state index contributed by atoms with van der Waals surface area (Å²) in [6.45, 7) is 0. The van der Waals surface area contributed by atoms with Gasteiger partial charge in [0.1, 0.15) is 0 Å². The van der Waals surface area contributed by atoms with Gasteiger partial charge in [0.2, 0.25) is 0 Å². The SMILES string of the molecule is c1ccc(-c2ccc(-c3nc(-c4ccccc4)nc(-c4c5ccccc5c(-c5ccc(-c6cccnc6)cn5)c5ccccc45)n3)cc2)cc1. The normalized spacial score (nSPS) is 11.2. The maximum Gasteiger partial charge on any atom is 0.165 e. The zero-order chi connectivity index (χ0) is 33.3. The Balaban J connectivity index is 1.25. The quantitative estimate of drug-likeness (QED) is 0.169. The van der Waals surface area contributed by atoms with E-state index in [4.69, 9.17) is 19.9 Å². The maximum atomic E-state index is 5.21. The Bertz CT molecular complexity index is 2550. The van der Waals surface area contributed by atoms with Crippen molar-refractivity contribution in [3.05, 3.63) is 176 Å². The molecule has 0 N–H and O–H groups in total. The molecule has 0 bridgehead atoms. The first kappa shape index (κ1) is 29.3. The van der Waals surface area contributed by atoms with Crippen LogP contribution in [0.3, 0.4) is 0 Å². The largest absolute Gasteiger partial charge is 0.264 e. The van der Waals surface area contributed by atoms with E-state index in [1.165, 1.54) is 5.56 Å². The van der Waals surface area contributed by atoms with E-state index < -0.39 is 0 Å². The van der Waals surface area contributed by atoms with Gasteiger partial charge in [0.15, 0.2) is 17.5 Å². The third-order valence-electron chi connectivity index (χ3n) is 9.09. The molecule has 0 saturated heterocycles. The van der Waals surface area contributed by atoms with Crippen molar-refractivity contribution in [1.82, 2.24) is 24.9 Å². The number of pyridine rings is 2. The van der Waals surface area contributed by atoms with E-state index in [1.54, 1.807) is 6.20 Å². The number of nitrogens with zero attached hydrogens (tertiary/aromatic N) is 5. The highest BCUT2D eigenvalue weighted by atomic mass is 15.0. The monoisotopic (exact) mass is 639 g/mol. The second-order valence-corrected chi connectivity index (χ2v) is 12.1. The molecule has 0 fully saturated rings. The molecule has 0 amide bonds. The summed E-state index contributed by atoms with van der Waals surface area (Å²) >= 11 is 0. The summed E-state index contributed by atoms with van der Waals surface area (Å²) in [5.74, 6) is 1.88. The molecular weight excluding hydrogens is 611 g/mol. The first-order chi connectivity index (χ1) is 24.8. The maximum absolute atomic E-state index is 5.21. The molecule has 0 radical (unpaired) electrons. The second kappa shape index (κ2) is 12.6. The Morgan fingerprint density at radius 1 is 0.300 bits per heavy atom. The number of hydrogen-bond acceptors (Lipinski definition) is 5. The standard InChI is InChI=1S/C45H29N5/c1-3-12-30(13-4-1)31-21-23-33(24-22-31)44-48-43(32-14-5-2-6-15-32)49-45(50-44)42-38-19-9-7-17-36(38)41(37-18-8-10-20-39(37)42)40-26-25-35(29-47-40)34-16-11-27-46-28-34/h1-29H. The van der Waals surface area contributed by atoms with Crippen molar-refractivity contribution in [2.24, 2.45) is 0 Å².